The van der Waals surface area contributed by atoms with Crippen molar-refractivity contribution in [3.05, 3.63) is 28.9 Å². The molecule has 3 saturated carbocycles. The van der Waals surface area contributed by atoms with E-state index in [9.17, 15) is 9.32 Å². The summed E-state index contributed by atoms with van der Waals surface area (Å²) in [6.45, 7) is 2.00. The van der Waals surface area contributed by atoms with Crippen molar-refractivity contribution in [2.24, 2.45) is 5.41 Å². The molecule has 0 bridgehead atoms. The molecule has 0 aromatic carbocycles. The van der Waals surface area contributed by atoms with Crippen LogP contribution < -0.4 is 10.2 Å². The van der Waals surface area contributed by atoms with E-state index in [1.165, 1.54) is 0 Å². The molecule has 1 spiro atoms. The van der Waals surface area contributed by atoms with Gasteiger partial charge in [-0.3, -0.25) is 4.21 Å². The molecule has 4 fully saturated rings. The molecule has 0 radical (unpaired) electrons. The highest BCUT2D eigenvalue weighted by molar-refractivity contribution is 7.86. The zero-order chi connectivity index (χ0) is 23.1. The van der Waals surface area contributed by atoms with E-state index in [1.54, 1.807) is 12.4 Å². The van der Waals surface area contributed by atoms with Crippen molar-refractivity contribution < 1.29 is 9.32 Å². The van der Waals surface area contributed by atoms with Gasteiger partial charge in [-0.25, -0.2) is 15.0 Å². The van der Waals surface area contributed by atoms with Crippen LogP contribution in [0.1, 0.15) is 74.7 Å². The van der Waals surface area contributed by atoms with Crippen molar-refractivity contribution in [2.75, 3.05) is 29.9 Å². The minimum atomic E-state index is -1.04. The molecular weight excluding hydrogens is 472 g/mol. The van der Waals surface area contributed by atoms with Gasteiger partial charge in [-0.1, -0.05) is 11.6 Å². The molecule has 2 aliphatic heterocycles. The second kappa shape index (κ2) is 7.58. The molecule has 3 atom stereocenters. The summed E-state index contributed by atoms with van der Waals surface area (Å²) >= 11 is 5.95. The SMILES string of the molecule is O=[S@@]1c2c(NC3(CO)CCC3)nc(N3CC4(CCC(c5ncc(Cl)cn5)CC4)C3)nc2C2CC21. The third-order valence-electron chi connectivity index (χ3n) is 8.82. The summed E-state index contributed by atoms with van der Waals surface area (Å²) < 4.78 is 13.0. The van der Waals surface area contributed by atoms with Crippen LogP contribution in [0.3, 0.4) is 0 Å². The van der Waals surface area contributed by atoms with Crippen LogP contribution >= 0.6 is 11.6 Å². The minimum Gasteiger partial charge on any atom is -0.394 e. The van der Waals surface area contributed by atoms with Crippen molar-refractivity contribution in [3.8, 4) is 0 Å². The Labute approximate surface area is 206 Å². The average Bonchev–Trinajstić information content (AvgIpc) is 3.55. The van der Waals surface area contributed by atoms with Crippen LogP contribution in [0.2, 0.25) is 5.02 Å². The monoisotopic (exact) mass is 500 g/mol. The quantitative estimate of drug-likeness (QED) is 0.643. The van der Waals surface area contributed by atoms with Gasteiger partial charge >= 0.3 is 0 Å². The number of aliphatic hydroxyl groups is 1. The van der Waals surface area contributed by atoms with E-state index < -0.39 is 10.8 Å². The summed E-state index contributed by atoms with van der Waals surface area (Å²) in [5.74, 6) is 3.09. The maximum Gasteiger partial charge on any atom is 0.227 e. The van der Waals surface area contributed by atoms with Gasteiger partial charge in [-0.15, -0.1) is 0 Å². The maximum absolute atomic E-state index is 13.0. The van der Waals surface area contributed by atoms with E-state index in [2.05, 4.69) is 20.2 Å². The van der Waals surface area contributed by atoms with Crippen molar-refractivity contribution in [1.82, 2.24) is 19.9 Å². The first-order valence-corrected chi connectivity index (χ1v) is 14.0. The standard InChI is InChI=1S/C24H29ClN6O2S/c25-15-9-26-20(27-10-15)14-2-6-23(7-3-14)11-31(12-23)22-28-18-16-8-17(16)34(33)19(18)21(29-22)30-24(13-32)4-1-5-24/h9-10,14,16-17,32H,1-8,11-13H2,(H,28,29,30)/t16?,17?,34-/m0/s1. The van der Waals surface area contributed by atoms with Gasteiger partial charge in [0, 0.05) is 48.0 Å². The third kappa shape index (κ3) is 3.30. The Bertz CT molecular complexity index is 1150. The summed E-state index contributed by atoms with van der Waals surface area (Å²) in [5.41, 5.74) is 0.964. The number of anilines is 2. The summed E-state index contributed by atoms with van der Waals surface area (Å²) in [6.07, 6.45) is 11.8. The fraction of sp³-hybridized carbons (Fsp3) is 0.667. The second-order valence-corrected chi connectivity index (χ2v) is 13.1. The largest absolute Gasteiger partial charge is 0.394 e. The first-order valence-electron chi connectivity index (χ1n) is 12.4. The number of hydrogen-bond donors (Lipinski definition) is 2. The predicted molar refractivity (Wildman–Crippen MR) is 130 cm³/mol. The summed E-state index contributed by atoms with van der Waals surface area (Å²) in [4.78, 5) is 21.8. The number of aromatic nitrogens is 4. The van der Waals surface area contributed by atoms with E-state index in [4.69, 9.17) is 21.6 Å². The predicted octanol–water partition coefficient (Wildman–Crippen LogP) is 3.39. The Kier molecular flexibility index (Phi) is 4.78. The molecule has 180 valence electrons. The summed E-state index contributed by atoms with van der Waals surface area (Å²) in [5, 5.41) is 14.3. The smallest absolute Gasteiger partial charge is 0.227 e. The molecule has 8 nitrogen and oxygen atoms in total. The Balaban J connectivity index is 1.09. The average molecular weight is 501 g/mol. The van der Waals surface area contributed by atoms with Crippen molar-refractivity contribution in [1.29, 1.82) is 0 Å². The van der Waals surface area contributed by atoms with E-state index in [0.29, 0.717) is 28.1 Å². The highest BCUT2D eigenvalue weighted by Crippen LogP contribution is 2.56. The lowest BCUT2D eigenvalue weighted by atomic mass is 9.66. The van der Waals surface area contributed by atoms with Crippen LogP contribution in [0.5, 0.6) is 0 Å². The van der Waals surface area contributed by atoms with E-state index >= 15 is 0 Å². The van der Waals surface area contributed by atoms with Crippen molar-refractivity contribution in [3.63, 3.8) is 0 Å². The van der Waals surface area contributed by atoms with Crippen LogP contribution in [0.4, 0.5) is 11.8 Å². The highest BCUT2D eigenvalue weighted by Gasteiger charge is 2.55. The third-order valence-corrected chi connectivity index (χ3v) is 10.9. The summed E-state index contributed by atoms with van der Waals surface area (Å²) in [6, 6.07) is 0. The van der Waals surface area contributed by atoms with Gasteiger partial charge in [0.05, 0.1) is 33.7 Å². The molecule has 0 amide bonds. The van der Waals surface area contributed by atoms with Gasteiger partial charge in [0.15, 0.2) is 0 Å². The van der Waals surface area contributed by atoms with E-state index in [-0.39, 0.29) is 17.4 Å². The van der Waals surface area contributed by atoms with Gasteiger partial charge in [0.25, 0.3) is 0 Å². The van der Waals surface area contributed by atoms with Gasteiger partial charge in [0.1, 0.15) is 16.5 Å². The molecule has 5 aliphatic rings. The number of hydrogen-bond acceptors (Lipinski definition) is 8. The number of rotatable bonds is 5. The number of fused-ring (bicyclic) bond motifs is 3. The highest BCUT2D eigenvalue weighted by atomic mass is 35.5. The summed E-state index contributed by atoms with van der Waals surface area (Å²) in [7, 11) is -1.04. The zero-order valence-electron chi connectivity index (χ0n) is 19.0. The second-order valence-electron chi connectivity index (χ2n) is 11.1. The fourth-order valence-corrected chi connectivity index (χ4v) is 8.30. The van der Waals surface area contributed by atoms with Gasteiger partial charge in [0.2, 0.25) is 5.95 Å². The molecule has 2 N–H and O–H groups in total. The number of aliphatic hydroxyl groups excluding tert-OH is 1. The Hall–Kier alpha value is -1.84. The van der Waals surface area contributed by atoms with Crippen molar-refractivity contribution in [2.45, 2.75) is 78.9 Å². The Morgan fingerprint density at radius 2 is 1.88 bits per heavy atom. The van der Waals surface area contributed by atoms with Crippen molar-refractivity contribution >= 4 is 34.2 Å². The fourth-order valence-electron chi connectivity index (χ4n) is 6.40. The lowest BCUT2D eigenvalue weighted by molar-refractivity contribution is 0.124. The molecule has 2 aromatic heterocycles. The molecule has 34 heavy (non-hydrogen) atoms. The first kappa shape index (κ1) is 21.4. The normalized spacial score (nSPS) is 30.3. The molecule has 1 saturated heterocycles. The Morgan fingerprint density at radius 1 is 1.15 bits per heavy atom. The molecule has 3 aliphatic carbocycles. The van der Waals surface area contributed by atoms with Crippen LogP contribution in [-0.2, 0) is 10.8 Å². The molecule has 7 rings (SSSR count). The van der Waals surface area contributed by atoms with Gasteiger partial charge in [-0.05, 0) is 51.4 Å². The van der Waals surface area contributed by atoms with Crippen LogP contribution in [-0.4, -0.2) is 59.7 Å². The topological polar surface area (TPSA) is 104 Å². The first-order chi connectivity index (χ1) is 16.5. The Morgan fingerprint density at radius 3 is 2.53 bits per heavy atom. The van der Waals surface area contributed by atoms with Gasteiger partial charge in [-0.2, -0.15) is 4.98 Å². The van der Waals surface area contributed by atoms with Crippen LogP contribution in [0, 0.1) is 5.41 Å². The molecule has 2 aromatic rings. The lowest BCUT2D eigenvalue weighted by Gasteiger charge is -2.53. The van der Waals surface area contributed by atoms with Crippen LogP contribution in [0.15, 0.2) is 17.3 Å². The molecular formula is C24H29ClN6O2S. The number of nitrogens with one attached hydrogen (secondary N) is 1. The zero-order valence-corrected chi connectivity index (χ0v) is 20.6. The number of halogens is 1. The van der Waals surface area contributed by atoms with E-state index in [1.807, 2.05) is 0 Å². The van der Waals surface area contributed by atoms with Gasteiger partial charge < -0.3 is 15.3 Å². The minimum absolute atomic E-state index is 0.0753. The molecule has 4 heterocycles. The van der Waals surface area contributed by atoms with E-state index in [0.717, 1.165) is 86.8 Å². The number of nitrogens with zero attached hydrogens (tertiary/aromatic N) is 5. The van der Waals surface area contributed by atoms with Crippen LogP contribution in [0.25, 0.3) is 0 Å². The lowest BCUT2D eigenvalue weighted by Crippen LogP contribution is -2.58. The molecule has 2 unspecified atom stereocenters. The maximum atomic E-state index is 13.0. The molecule has 10 heteroatoms.